The molecule has 0 aliphatic carbocycles. The third-order valence-corrected chi connectivity index (χ3v) is 6.41. The SMILES string of the molecule is Cc1nc(-c2cccnc2OC(F)F)c2n1CC(C)N(c1ccc(-c3nc(C(F)(F)F)cn3C)cc1)C2. The number of fused-ring (bicyclic) bond motifs is 1. The lowest BCUT2D eigenvalue weighted by Gasteiger charge is -2.37. The lowest BCUT2D eigenvalue weighted by molar-refractivity contribution is -0.140. The third-order valence-electron chi connectivity index (χ3n) is 6.41. The predicted octanol–water partition coefficient (Wildman–Crippen LogP) is 5.68. The number of rotatable bonds is 5. The van der Waals surface area contributed by atoms with Crippen LogP contribution in [0.2, 0.25) is 0 Å². The molecule has 0 radical (unpaired) electrons. The minimum Gasteiger partial charge on any atom is -0.416 e. The number of ether oxygens (including phenoxy) is 1. The Labute approximate surface area is 209 Å². The maximum Gasteiger partial charge on any atom is 0.434 e. The van der Waals surface area contributed by atoms with Gasteiger partial charge in [0.1, 0.15) is 11.6 Å². The zero-order valence-electron chi connectivity index (χ0n) is 20.2. The Balaban J connectivity index is 1.47. The van der Waals surface area contributed by atoms with Gasteiger partial charge in [-0.2, -0.15) is 22.0 Å². The summed E-state index contributed by atoms with van der Waals surface area (Å²) in [5.74, 6) is 0.764. The van der Waals surface area contributed by atoms with Crippen LogP contribution < -0.4 is 9.64 Å². The van der Waals surface area contributed by atoms with Crippen LogP contribution in [0, 0.1) is 6.92 Å². The van der Waals surface area contributed by atoms with Crippen molar-refractivity contribution in [3.05, 3.63) is 66.0 Å². The highest BCUT2D eigenvalue weighted by Gasteiger charge is 2.35. The average Bonchev–Trinajstić information content (AvgIpc) is 3.39. The molecule has 7 nitrogen and oxygen atoms in total. The van der Waals surface area contributed by atoms with Crippen LogP contribution in [0.4, 0.5) is 27.6 Å². The average molecular weight is 518 g/mol. The van der Waals surface area contributed by atoms with E-state index in [2.05, 4.69) is 36.1 Å². The van der Waals surface area contributed by atoms with Crippen molar-refractivity contribution in [3.63, 3.8) is 0 Å². The molecule has 194 valence electrons. The van der Waals surface area contributed by atoms with Crippen molar-refractivity contribution < 1.29 is 26.7 Å². The van der Waals surface area contributed by atoms with Crippen molar-refractivity contribution >= 4 is 5.69 Å². The fourth-order valence-corrected chi connectivity index (χ4v) is 4.68. The van der Waals surface area contributed by atoms with Crippen LogP contribution in [0.25, 0.3) is 22.6 Å². The second-order valence-electron chi connectivity index (χ2n) is 8.88. The molecule has 1 atom stereocenters. The Hall–Kier alpha value is -3.96. The van der Waals surface area contributed by atoms with Gasteiger partial charge in [0.25, 0.3) is 0 Å². The third kappa shape index (κ3) is 4.63. The van der Waals surface area contributed by atoms with E-state index in [4.69, 9.17) is 0 Å². The molecule has 4 heterocycles. The number of alkyl halides is 5. The first-order valence-corrected chi connectivity index (χ1v) is 11.5. The molecule has 3 aromatic heterocycles. The van der Waals surface area contributed by atoms with Crippen molar-refractivity contribution in [2.45, 2.75) is 45.8 Å². The topological polar surface area (TPSA) is 61.0 Å². The lowest BCUT2D eigenvalue weighted by Crippen LogP contribution is -2.41. The highest BCUT2D eigenvalue weighted by molar-refractivity contribution is 5.69. The molecule has 0 fully saturated rings. The fourth-order valence-electron chi connectivity index (χ4n) is 4.68. The number of pyridine rings is 1. The van der Waals surface area contributed by atoms with E-state index in [-0.39, 0.29) is 17.7 Å². The predicted molar refractivity (Wildman–Crippen MR) is 126 cm³/mol. The van der Waals surface area contributed by atoms with E-state index in [0.717, 1.165) is 23.4 Å². The molecule has 5 rings (SSSR count). The second kappa shape index (κ2) is 9.16. The minimum absolute atomic E-state index is 0.0646. The lowest BCUT2D eigenvalue weighted by atomic mass is 10.1. The van der Waals surface area contributed by atoms with Gasteiger partial charge in [-0.1, -0.05) is 0 Å². The van der Waals surface area contributed by atoms with Gasteiger partial charge in [-0.05, 0) is 50.2 Å². The van der Waals surface area contributed by atoms with Gasteiger partial charge in [0.05, 0.1) is 23.5 Å². The van der Waals surface area contributed by atoms with Gasteiger partial charge in [0, 0.05) is 43.3 Å². The molecule has 1 aromatic carbocycles. The highest BCUT2D eigenvalue weighted by Crippen LogP contribution is 2.37. The number of aryl methyl sites for hydroxylation is 2. The summed E-state index contributed by atoms with van der Waals surface area (Å²) in [6.45, 7) is 1.93. The van der Waals surface area contributed by atoms with Crippen molar-refractivity contribution in [3.8, 4) is 28.5 Å². The Morgan fingerprint density at radius 1 is 1.08 bits per heavy atom. The van der Waals surface area contributed by atoms with Crippen molar-refractivity contribution in [1.29, 1.82) is 0 Å². The summed E-state index contributed by atoms with van der Waals surface area (Å²) >= 11 is 0. The standard InChI is InChI=1S/C25H23F5N6O/c1-14-11-36-15(2)32-21(18-5-4-10-31-23(18)37-24(26)27)19(36)12-35(14)17-8-6-16(7-9-17)22-33-20(13-34(22)3)25(28,29)30/h4-10,13-14,24H,11-12H2,1-3H3. The summed E-state index contributed by atoms with van der Waals surface area (Å²) in [6, 6.07) is 10.5. The summed E-state index contributed by atoms with van der Waals surface area (Å²) in [5, 5.41) is 0. The van der Waals surface area contributed by atoms with Crippen LogP contribution in [-0.4, -0.2) is 36.7 Å². The molecule has 0 N–H and O–H groups in total. The van der Waals surface area contributed by atoms with Crippen molar-refractivity contribution in [2.75, 3.05) is 4.90 Å². The van der Waals surface area contributed by atoms with Crippen LogP contribution in [0.15, 0.2) is 48.8 Å². The van der Waals surface area contributed by atoms with E-state index in [1.54, 1.807) is 24.3 Å². The summed E-state index contributed by atoms with van der Waals surface area (Å²) in [5.41, 5.74) is 2.18. The zero-order chi connectivity index (χ0) is 26.5. The van der Waals surface area contributed by atoms with Gasteiger partial charge in [0.2, 0.25) is 5.88 Å². The Morgan fingerprint density at radius 2 is 1.81 bits per heavy atom. The van der Waals surface area contributed by atoms with Crippen molar-refractivity contribution in [1.82, 2.24) is 24.1 Å². The Bertz CT molecular complexity index is 1430. The van der Waals surface area contributed by atoms with Crippen LogP contribution in [-0.2, 0) is 26.3 Å². The molecule has 1 aliphatic heterocycles. The minimum atomic E-state index is -4.52. The van der Waals surface area contributed by atoms with E-state index < -0.39 is 18.5 Å². The maximum atomic E-state index is 13.1. The second-order valence-corrected chi connectivity index (χ2v) is 8.88. The van der Waals surface area contributed by atoms with E-state index in [9.17, 15) is 22.0 Å². The molecule has 0 bridgehead atoms. The van der Waals surface area contributed by atoms with Gasteiger partial charge < -0.3 is 18.8 Å². The molecule has 0 saturated carbocycles. The van der Waals surface area contributed by atoms with E-state index in [1.807, 2.05) is 19.1 Å². The number of nitrogens with zero attached hydrogens (tertiary/aromatic N) is 6. The zero-order valence-corrected chi connectivity index (χ0v) is 20.2. The molecule has 0 spiro atoms. The summed E-state index contributed by atoms with van der Waals surface area (Å²) in [6.07, 6.45) is -2.18. The first kappa shape index (κ1) is 24.7. The van der Waals surface area contributed by atoms with Gasteiger partial charge in [-0.3, -0.25) is 0 Å². The molecular weight excluding hydrogens is 495 g/mol. The monoisotopic (exact) mass is 518 g/mol. The Kier molecular flexibility index (Phi) is 6.12. The quantitative estimate of drug-likeness (QED) is 0.318. The van der Waals surface area contributed by atoms with Crippen LogP contribution in [0.5, 0.6) is 5.88 Å². The number of hydrogen-bond acceptors (Lipinski definition) is 5. The largest absolute Gasteiger partial charge is 0.434 e. The smallest absolute Gasteiger partial charge is 0.416 e. The number of imidazole rings is 2. The molecule has 4 aromatic rings. The van der Waals surface area contributed by atoms with Gasteiger partial charge in [-0.15, -0.1) is 0 Å². The summed E-state index contributed by atoms with van der Waals surface area (Å²) in [7, 11) is 1.52. The number of aromatic nitrogens is 5. The molecular formula is C25H23F5N6O. The van der Waals surface area contributed by atoms with E-state index in [0.29, 0.717) is 29.9 Å². The van der Waals surface area contributed by atoms with Crippen LogP contribution in [0.3, 0.4) is 0 Å². The fraction of sp³-hybridized carbons (Fsp3) is 0.320. The normalized spacial score (nSPS) is 15.8. The summed E-state index contributed by atoms with van der Waals surface area (Å²) < 4.78 is 73.2. The molecule has 1 unspecified atom stereocenters. The van der Waals surface area contributed by atoms with E-state index >= 15 is 0 Å². The van der Waals surface area contributed by atoms with E-state index in [1.165, 1.54) is 17.8 Å². The maximum absolute atomic E-state index is 13.1. The molecule has 1 aliphatic rings. The Morgan fingerprint density at radius 3 is 2.46 bits per heavy atom. The molecule has 37 heavy (non-hydrogen) atoms. The van der Waals surface area contributed by atoms with Gasteiger partial charge in [0.15, 0.2) is 5.69 Å². The van der Waals surface area contributed by atoms with Gasteiger partial charge >= 0.3 is 12.8 Å². The van der Waals surface area contributed by atoms with Crippen LogP contribution >= 0.6 is 0 Å². The summed E-state index contributed by atoms with van der Waals surface area (Å²) in [4.78, 5) is 14.5. The first-order valence-electron chi connectivity index (χ1n) is 11.5. The van der Waals surface area contributed by atoms with Crippen molar-refractivity contribution in [2.24, 2.45) is 7.05 Å². The number of anilines is 1. The number of halogens is 5. The first-order chi connectivity index (χ1) is 17.5. The molecule has 0 saturated heterocycles. The molecule has 0 amide bonds. The molecule has 12 heteroatoms. The van der Waals surface area contributed by atoms with Gasteiger partial charge in [-0.25, -0.2) is 15.0 Å². The van der Waals surface area contributed by atoms with Crippen LogP contribution in [0.1, 0.15) is 24.1 Å². The number of benzene rings is 1. The highest BCUT2D eigenvalue weighted by atomic mass is 19.4. The number of hydrogen-bond donors (Lipinski definition) is 0.